The Labute approximate surface area is 180 Å². The van der Waals surface area contributed by atoms with Crippen molar-refractivity contribution in [3.63, 3.8) is 0 Å². The van der Waals surface area contributed by atoms with Crippen molar-refractivity contribution < 1.29 is 14.6 Å². The van der Waals surface area contributed by atoms with E-state index in [9.17, 15) is 9.90 Å². The van der Waals surface area contributed by atoms with Gasteiger partial charge in [-0.3, -0.25) is 9.69 Å². The molecule has 1 saturated heterocycles. The van der Waals surface area contributed by atoms with Crippen LogP contribution in [0.15, 0.2) is 0 Å². The number of aliphatic hydroxyl groups is 1. The lowest BCUT2D eigenvalue weighted by molar-refractivity contribution is -0.178. The maximum Gasteiger partial charge on any atom is 0.306 e. The average Bonchev–Trinajstić information content (AvgIpc) is 2.68. The van der Waals surface area contributed by atoms with E-state index < -0.39 is 6.23 Å². The van der Waals surface area contributed by atoms with E-state index in [-0.39, 0.29) is 23.5 Å². The Morgan fingerprint density at radius 3 is 1.86 bits per heavy atom. The first-order valence-electron chi connectivity index (χ1n) is 12.4. The van der Waals surface area contributed by atoms with E-state index in [1.807, 2.05) is 11.9 Å². The van der Waals surface area contributed by atoms with Crippen LogP contribution in [0.3, 0.4) is 0 Å². The van der Waals surface area contributed by atoms with Crippen LogP contribution >= 0.6 is 0 Å². The van der Waals surface area contributed by atoms with Gasteiger partial charge in [0.05, 0.1) is 0 Å². The molecule has 3 unspecified atom stereocenters. The number of piperidine rings is 1. The van der Waals surface area contributed by atoms with E-state index in [1.54, 1.807) is 0 Å². The molecule has 0 aliphatic carbocycles. The SMILES string of the molecule is CCCCCCCCCCCCCCCC(=O)OC1CC(O)N(C)C(C)(C)C1C. The van der Waals surface area contributed by atoms with Crippen molar-refractivity contribution in [3.8, 4) is 0 Å². The van der Waals surface area contributed by atoms with Gasteiger partial charge in [0, 0.05) is 24.3 Å². The first kappa shape index (κ1) is 26.4. The molecule has 0 saturated carbocycles. The predicted octanol–water partition coefficient (Wildman–Crippen LogP) is 6.45. The Morgan fingerprint density at radius 1 is 0.931 bits per heavy atom. The number of carbonyl (C=O) groups is 1. The number of ether oxygens (including phenoxy) is 1. The zero-order chi connectivity index (χ0) is 21.7. The van der Waals surface area contributed by atoms with Crippen molar-refractivity contribution in [2.45, 2.75) is 142 Å². The summed E-state index contributed by atoms with van der Waals surface area (Å²) in [5.41, 5.74) is -0.182. The maximum atomic E-state index is 12.2. The summed E-state index contributed by atoms with van der Waals surface area (Å²) in [5.74, 6) is 0.101. The molecule has 1 aliphatic rings. The molecule has 0 radical (unpaired) electrons. The lowest BCUT2D eigenvalue weighted by Gasteiger charge is -2.50. The molecule has 0 aromatic rings. The first-order chi connectivity index (χ1) is 13.8. The molecular weight excluding hydrogens is 362 g/mol. The second-order valence-corrected chi connectivity index (χ2v) is 9.79. The van der Waals surface area contributed by atoms with Crippen LogP contribution in [0.4, 0.5) is 0 Å². The van der Waals surface area contributed by atoms with Crippen LogP contribution in [0, 0.1) is 5.92 Å². The zero-order valence-corrected chi connectivity index (χ0v) is 20.0. The molecule has 1 N–H and O–H groups in total. The maximum absolute atomic E-state index is 12.2. The number of aliphatic hydroxyl groups excluding tert-OH is 1. The third-order valence-corrected chi connectivity index (χ3v) is 7.24. The second kappa shape index (κ2) is 14.4. The highest BCUT2D eigenvalue weighted by Crippen LogP contribution is 2.36. The Morgan fingerprint density at radius 2 is 1.38 bits per heavy atom. The number of unbranched alkanes of at least 4 members (excludes halogenated alkanes) is 12. The molecular formula is C25H49NO3. The smallest absolute Gasteiger partial charge is 0.306 e. The predicted molar refractivity (Wildman–Crippen MR) is 122 cm³/mol. The number of likely N-dealkylation sites (tertiary alicyclic amines) is 1. The molecule has 1 rings (SSSR count). The third kappa shape index (κ3) is 9.83. The molecule has 4 nitrogen and oxygen atoms in total. The van der Waals surface area contributed by atoms with E-state index in [0.717, 1.165) is 12.8 Å². The van der Waals surface area contributed by atoms with Gasteiger partial charge in [0.2, 0.25) is 0 Å². The first-order valence-corrected chi connectivity index (χ1v) is 12.4. The molecule has 1 heterocycles. The third-order valence-electron chi connectivity index (χ3n) is 7.24. The monoisotopic (exact) mass is 411 g/mol. The second-order valence-electron chi connectivity index (χ2n) is 9.79. The molecule has 1 aliphatic heterocycles. The van der Waals surface area contributed by atoms with Gasteiger partial charge in [-0.15, -0.1) is 0 Å². The van der Waals surface area contributed by atoms with Crippen LogP contribution in [-0.4, -0.2) is 40.9 Å². The minimum absolute atomic E-state index is 0.0996. The highest BCUT2D eigenvalue weighted by Gasteiger charge is 2.45. The van der Waals surface area contributed by atoms with E-state index in [0.29, 0.717) is 12.8 Å². The van der Waals surface area contributed by atoms with Gasteiger partial charge >= 0.3 is 5.97 Å². The van der Waals surface area contributed by atoms with Crippen LogP contribution in [0.2, 0.25) is 0 Å². The van der Waals surface area contributed by atoms with Gasteiger partial charge in [0.25, 0.3) is 0 Å². The van der Waals surface area contributed by atoms with Crippen molar-refractivity contribution >= 4 is 5.97 Å². The lowest BCUT2D eigenvalue weighted by Crippen LogP contribution is -2.60. The van der Waals surface area contributed by atoms with Crippen molar-refractivity contribution in [2.24, 2.45) is 5.92 Å². The molecule has 29 heavy (non-hydrogen) atoms. The number of nitrogens with zero attached hydrogens (tertiary/aromatic N) is 1. The Balaban J connectivity index is 2.02. The summed E-state index contributed by atoms with van der Waals surface area (Å²) in [5, 5.41) is 10.2. The summed E-state index contributed by atoms with van der Waals surface area (Å²) in [7, 11) is 1.94. The minimum Gasteiger partial charge on any atom is -0.462 e. The van der Waals surface area contributed by atoms with Crippen LogP contribution in [0.5, 0.6) is 0 Å². The summed E-state index contributed by atoms with van der Waals surface area (Å²) in [6.07, 6.45) is 17.3. The van der Waals surface area contributed by atoms with Gasteiger partial charge in [-0.2, -0.15) is 0 Å². The van der Waals surface area contributed by atoms with Crippen LogP contribution in [-0.2, 0) is 9.53 Å². The van der Waals surface area contributed by atoms with Crippen LogP contribution < -0.4 is 0 Å². The Bertz CT molecular complexity index is 438. The summed E-state index contributed by atoms with van der Waals surface area (Å²) in [6, 6.07) is 0. The van der Waals surface area contributed by atoms with Gasteiger partial charge < -0.3 is 9.84 Å². The Kier molecular flexibility index (Phi) is 13.1. The number of esters is 1. The van der Waals surface area contributed by atoms with Crippen molar-refractivity contribution in [2.75, 3.05) is 7.05 Å². The van der Waals surface area contributed by atoms with Gasteiger partial charge in [-0.05, 0) is 27.3 Å². The minimum atomic E-state index is -0.546. The van der Waals surface area contributed by atoms with Crippen molar-refractivity contribution in [1.82, 2.24) is 4.90 Å². The number of rotatable bonds is 15. The van der Waals surface area contributed by atoms with Crippen molar-refractivity contribution in [3.05, 3.63) is 0 Å². The number of hydrogen-bond donors (Lipinski definition) is 1. The fourth-order valence-corrected chi connectivity index (χ4v) is 4.40. The highest BCUT2D eigenvalue weighted by molar-refractivity contribution is 5.69. The molecule has 1 fully saturated rings. The molecule has 0 bridgehead atoms. The summed E-state index contributed by atoms with van der Waals surface area (Å²) in [6.45, 7) is 8.59. The van der Waals surface area contributed by atoms with Gasteiger partial charge in [0.15, 0.2) is 0 Å². The van der Waals surface area contributed by atoms with Crippen LogP contribution in [0.1, 0.15) is 124 Å². The molecule has 0 aromatic heterocycles. The topological polar surface area (TPSA) is 49.8 Å². The molecule has 4 heteroatoms. The largest absolute Gasteiger partial charge is 0.462 e. The average molecular weight is 412 g/mol. The number of carbonyl (C=O) groups excluding carboxylic acids is 1. The zero-order valence-electron chi connectivity index (χ0n) is 20.0. The standard InChI is InChI=1S/C25H49NO3/c1-6-7-8-9-10-11-12-13-14-15-16-17-18-19-24(28)29-22-20-23(27)26(5)25(3,4)21(22)2/h21-23,27H,6-20H2,1-5H3. The highest BCUT2D eigenvalue weighted by atomic mass is 16.5. The quantitative estimate of drug-likeness (QED) is 0.248. The summed E-state index contributed by atoms with van der Waals surface area (Å²) < 4.78 is 5.74. The Hall–Kier alpha value is -0.610. The van der Waals surface area contributed by atoms with E-state index in [4.69, 9.17) is 4.74 Å². The van der Waals surface area contributed by atoms with Gasteiger partial charge in [-0.25, -0.2) is 0 Å². The summed E-state index contributed by atoms with van der Waals surface area (Å²) in [4.78, 5) is 14.2. The van der Waals surface area contributed by atoms with Gasteiger partial charge in [-0.1, -0.05) is 90.9 Å². The normalized spacial score (nSPS) is 24.6. The molecule has 172 valence electrons. The lowest BCUT2D eigenvalue weighted by atomic mass is 9.78. The van der Waals surface area contributed by atoms with E-state index in [2.05, 4.69) is 27.7 Å². The molecule has 0 aromatic carbocycles. The summed E-state index contributed by atoms with van der Waals surface area (Å²) >= 11 is 0. The van der Waals surface area contributed by atoms with Crippen molar-refractivity contribution in [1.29, 1.82) is 0 Å². The van der Waals surface area contributed by atoms with E-state index >= 15 is 0 Å². The molecule has 0 spiro atoms. The molecule has 3 atom stereocenters. The number of hydrogen-bond acceptors (Lipinski definition) is 4. The van der Waals surface area contributed by atoms with Gasteiger partial charge in [0.1, 0.15) is 12.3 Å². The van der Waals surface area contributed by atoms with Crippen LogP contribution in [0.25, 0.3) is 0 Å². The fourth-order valence-electron chi connectivity index (χ4n) is 4.40. The van der Waals surface area contributed by atoms with E-state index in [1.165, 1.54) is 70.6 Å². The fraction of sp³-hybridized carbons (Fsp3) is 0.960. The molecule has 0 amide bonds.